The maximum absolute atomic E-state index is 11.0. The Bertz CT molecular complexity index is 175. The van der Waals surface area contributed by atoms with E-state index in [0.717, 1.165) is 12.8 Å². The number of rotatable bonds is 5. The van der Waals surface area contributed by atoms with Gasteiger partial charge in [0.05, 0.1) is 0 Å². The van der Waals surface area contributed by atoms with Crippen molar-refractivity contribution in [2.24, 2.45) is 5.92 Å². The number of aliphatic carboxylic acids is 1. The molecule has 3 heteroatoms. The van der Waals surface area contributed by atoms with Gasteiger partial charge in [0.15, 0.2) is 5.60 Å². The van der Waals surface area contributed by atoms with Crippen molar-refractivity contribution in [3.05, 3.63) is 0 Å². The van der Waals surface area contributed by atoms with E-state index in [1.807, 2.05) is 13.8 Å². The van der Waals surface area contributed by atoms with Gasteiger partial charge in [-0.1, -0.05) is 6.92 Å². The Labute approximate surface area is 72.7 Å². The summed E-state index contributed by atoms with van der Waals surface area (Å²) in [6.45, 7) is 4.20. The molecule has 1 rings (SSSR count). The summed E-state index contributed by atoms with van der Waals surface area (Å²) in [5, 5.41) is 9.04. The number of hydrogen-bond acceptors (Lipinski definition) is 2. The van der Waals surface area contributed by atoms with Crippen LogP contribution in [0.1, 0.15) is 33.1 Å². The van der Waals surface area contributed by atoms with Crippen molar-refractivity contribution < 1.29 is 14.6 Å². The quantitative estimate of drug-likeness (QED) is 0.686. The first-order chi connectivity index (χ1) is 5.67. The van der Waals surface area contributed by atoms with Crippen LogP contribution in [-0.4, -0.2) is 23.3 Å². The fraction of sp³-hybridized carbons (Fsp3) is 0.889. The Balaban J connectivity index is 2.71. The maximum atomic E-state index is 11.0. The van der Waals surface area contributed by atoms with Gasteiger partial charge in [-0.2, -0.15) is 0 Å². The lowest BCUT2D eigenvalue weighted by atomic mass is 9.94. The molecular formula is C9H16O3. The molecule has 0 bridgehead atoms. The summed E-state index contributed by atoms with van der Waals surface area (Å²) in [6, 6.07) is 0. The zero-order valence-corrected chi connectivity index (χ0v) is 7.67. The molecule has 70 valence electrons. The number of carboxylic acid groups (broad SMARTS) is 1. The lowest BCUT2D eigenvalue weighted by Gasteiger charge is -2.27. The Hall–Kier alpha value is -0.570. The first-order valence-corrected chi connectivity index (χ1v) is 4.54. The van der Waals surface area contributed by atoms with E-state index in [1.165, 1.54) is 0 Å². The van der Waals surface area contributed by atoms with Crippen LogP contribution >= 0.6 is 0 Å². The first kappa shape index (κ1) is 9.52. The van der Waals surface area contributed by atoms with Crippen LogP contribution in [0.3, 0.4) is 0 Å². The Morgan fingerprint density at radius 3 is 2.42 bits per heavy atom. The van der Waals surface area contributed by atoms with E-state index in [0.29, 0.717) is 13.0 Å². The average Bonchev–Trinajstić information content (AvgIpc) is 2.82. The van der Waals surface area contributed by atoms with Crippen LogP contribution < -0.4 is 0 Å². The molecule has 0 saturated heterocycles. The van der Waals surface area contributed by atoms with Gasteiger partial charge >= 0.3 is 5.97 Å². The summed E-state index contributed by atoms with van der Waals surface area (Å²) in [5.74, 6) is -0.547. The van der Waals surface area contributed by atoms with Gasteiger partial charge in [0.2, 0.25) is 0 Å². The molecule has 0 spiro atoms. The van der Waals surface area contributed by atoms with Gasteiger partial charge in [-0.3, -0.25) is 0 Å². The van der Waals surface area contributed by atoms with E-state index >= 15 is 0 Å². The van der Waals surface area contributed by atoms with Crippen LogP contribution in [0.5, 0.6) is 0 Å². The van der Waals surface area contributed by atoms with E-state index in [4.69, 9.17) is 9.84 Å². The molecule has 0 radical (unpaired) electrons. The highest BCUT2D eigenvalue weighted by molar-refractivity contribution is 5.78. The summed E-state index contributed by atoms with van der Waals surface area (Å²) in [6.07, 6.45) is 2.57. The van der Waals surface area contributed by atoms with Gasteiger partial charge in [0, 0.05) is 6.61 Å². The predicted molar refractivity (Wildman–Crippen MR) is 45.0 cm³/mol. The summed E-state index contributed by atoms with van der Waals surface area (Å²) < 4.78 is 5.36. The molecule has 0 aliphatic heterocycles. The van der Waals surface area contributed by atoms with Gasteiger partial charge in [-0.25, -0.2) is 4.79 Å². The van der Waals surface area contributed by atoms with Crippen LogP contribution in [0, 0.1) is 5.92 Å². The highest BCUT2D eigenvalue weighted by Crippen LogP contribution is 2.44. The molecule has 1 aliphatic carbocycles. The van der Waals surface area contributed by atoms with Crippen LogP contribution in [-0.2, 0) is 9.53 Å². The minimum absolute atomic E-state index is 0.250. The normalized spacial score (nSPS) is 21.8. The molecule has 0 aromatic rings. The minimum Gasteiger partial charge on any atom is -0.479 e. The third-order valence-electron chi connectivity index (χ3n) is 2.53. The zero-order valence-electron chi connectivity index (χ0n) is 7.67. The van der Waals surface area contributed by atoms with Crippen molar-refractivity contribution in [1.82, 2.24) is 0 Å². The van der Waals surface area contributed by atoms with Crippen molar-refractivity contribution >= 4 is 5.97 Å². The smallest absolute Gasteiger partial charge is 0.336 e. The molecule has 1 atom stereocenters. The average molecular weight is 172 g/mol. The summed E-state index contributed by atoms with van der Waals surface area (Å²) in [4.78, 5) is 11.0. The maximum Gasteiger partial charge on any atom is 0.336 e. The van der Waals surface area contributed by atoms with Crippen LogP contribution in [0.4, 0.5) is 0 Å². The highest BCUT2D eigenvalue weighted by atomic mass is 16.5. The standard InChI is InChI=1S/C9H16O3/c1-3-9(8(10)11,12-4-2)7-5-6-7/h7H,3-6H2,1-2H3,(H,10,11). The van der Waals surface area contributed by atoms with Crippen molar-refractivity contribution in [1.29, 1.82) is 0 Å². The Morgan fingerprint density at radius 2 is 2.17 bits per heavy atom. The lowest BCUT2D eigenvalue weighted by Crippen LogP contribution is -2.43. The third-order valence-corrected chi connectivity index (χ3v) is 2.53. The van der Waals surface area contributed by atoms with Gasteiger partial charge in [-0.15, -0.1) is 0 Å². The monoisotopic (exact) mass is 172 g/mol. The molecule has 1 saturated carbocycles. The summed E-state index contributed by atoms with van der Waals surface area (Å²) in [5.41, 5.74) is -0.880. The van der Waals surface area contributed by atoms with Crippen molar-refractivity contribution in [3.8, 4) is 0 Å². The molecular weight excluding hydrogens is 156 g/mol. The first-order valence-electron chi connectivity index (χ1n) is 4.54. The van der Waals surface area contributed by atoms with Crippen molar-refractivity contribution in [3.63, 3.8) is 0 Å². The van der Waals surface area contributed by atoms with Crippen LogP contribution in [0.25, 0.3) is 0 Å². The van der Waals surface area contributed by atoms with E-state index in [2.05, 4.69) is 0 Å². The molecule has 0 heterocycles. The second kappa shape index (κ2) is 3.44. The van der Waals surface area contributed by atoms with Gasteiger partial charge in [0.1, 0.15) is 0 Å². The summed E-state index contributed by atoms with van der Waals surface area (Å²) in [7, 11) is 0. The molecule has 3 nitrogen and oxygen atoms in total. The lowest BCUT2D eigenvalue weighted by molar-refractivity contribution is -0.169. The molecule has 1 aliphatic rings. The second-order valence-corrected chi connectivity index (χ2v) is 3.26. The number of ether oxygens (including phenoxy) is 1. The van der Waals surface area contributed by atoms with E-state index < -0.39 is 11.6 Å². The fourth-order valence-electron chi connectivity index (χ4n) is 1.70. The van der Waals surface area contributed by atoms with Gasteiger partial charge in [-0.05, 0) is 32.1 Å². The van der Waals surface area contributed by atoms with E-state index in [9.17, 15) is 4.79 Å². The van der Waals surface area contributed by atoms with Gasteiger partial charge < -0.3 is 9.84 Å². The highest BCUT2D eigenvalue weighted by Gasteiger charge is 2.50. The molecule has 1 fully saturated rings. The predicted octanol–water partition coefficient (Wildman–Crippen LogP) is 1.67. The van der Waals surface area contributed by atoms with Crippen LogP contribution in [0.2, 0.25) is 0 Å². The molecule has 1 N–H and O–H groups in total. The number of carboxylic acids is 1. The Morgan fingerprint density at radius 1 is 1.58 bits per heavy atom. The number of carbonyl (C=O) groups is 1. The zero-order chi connectivity index (χ0) is 9.19. The third kappa shape index (κ3) is 1.46. The van der Waals surface area contributed by atoms with E-state index in [-0.39, 0.29) is 5.92 Å². The minimum atomic E-state index is -0.880. The molecule has 12 heavy (non-hydrogen) atoms. The van der Waals surface area contributed by atoms with Crippen molar-refractivity contribution in [2.75, 3.05) is 6.61 Å². The van der Waals surface area contributed by atoms with E-state index in [1.54, 1.807) is 0 Å². The number of hydrogen-bond donors (Lipinski definition) is 1. The summed E-state index contributed by atoms with van der Waals surface area (Å²) >= 11 is 0. The molecule has 0 amide bonds. The fourth-order valence-corrected chi connectivity index (χ4v) is 1.70. The SMILES string of the molecule is CCOC(CC)(C(=O)O)C1CC1. The molecule has 0 aromatic heterocycles. The second-order valence-electron chi connectivity index (χ2n) is 3.26. The van der Waals surface area contributed by atoms with Crippen LogP contribution in [0.15, 0.2) is 0 Å². The molecule has 1 unspecified atom stereocenters. The molecule has 0 aromatic carbocycles. The topological polar surface area (TPSA) is 46.5 Å². The van der Waals surface area contributed by atoms with Gasteiger partial charge in [0.25, 0.3) is 0 Å². The Kier molecular flexibility index (Phi) is 2.73. The largest absolute Gasteiger partial charge is 0.479 e. The van der Waals surface area contributed by atoms with Crippen molar-refractivity contribution in [2.45, 2.75) is 38.7 Å².